The van der Waals surface area contributed by atoms with Crippen molar-refractivity contribution in [3.8, 4) is 5.75 Å². The van der Waals surface area contributed by atoms with E-state index in [2.05, 4.69) is 11.7 Å². The number of hydrogen-bond acceptors (Lipinski definition) is 3. The fourth-order valence-electron chi connectivity index (χ4n) is 1.99. The van der Waals surface area contributed by atoms with Gasteiger partial charge in [-0.05, 0) is 49.7 Å². The molecule has 132 valence electrons. The van der Waals surface area contributed by atoms with Gasteiger partial charge in [0.1, 0.15) is 5.75 Å². The predicted molar refractivity (Wildman–Crippen MR) is 105 cm³/mol. The SMILES string of the molecule is C=C(O/N=C(\C)Cc1ccc(Cl)cc1Cl)C(C)Oc1cccc(Cl)c1. The number of oxime groups is 1. The zero-order valence-corrected chi connectivity index (χ0v) is 16.2. The molecule has 0 bridgehead atoms. The van der Waals surface area contributed by atoms with Gasteiger partial charge in [0.25, 0.3) is 0 Å². The molecule has 25 heavy (non-hydrogen) atoms. The molecule has 0 aromatic heterocycles. The van der Waals surface area contributed by atoms with Gasteiger partial charge in [-0.25, -0.2) is 0 Å². The minimum absolute atomic E-state index is 0.380. The van der Waals surface area contributed by atoms with Crippen LogP contribution in [0.4, 0.5) is 0 Å². The summed E-state index contributed by atoms with van der Waals surface area (Å²) in [5.74, 6) is 1.03. The Labute approximate surface area is 162 Å². The molecule has 3 nitrogen and oxygen atoms in total. The molecule has 2 aromatic rings. The summed E-state index contributed by atoms with van der Waals surface area (Å²) < 4.78 is 5.73. The Balaban J connectivity index is 1.91. The first-order valence-electron chi connectivity index (χ1n) is 7.60. The summed E-state index contributed by atoms with van der Waals surface area (Å²) in [5.41, 5.74) is 1.67. The van der Waals surface area contributed by atoms with Crippen LogP contribution < -0.4 is 4.74 Å². The van der Waals surface area contributed by atoms with Gasteiger partial charge in [-0.2, -0.15) is 0 Å². The standard InChI is InChI=1S/C19H18Cl3NO2/c1-12(9-15-7-8-17(21)11-19(15)22)23-25-14(3)13(2)24-18-6-4-5-16(20)10-18/h4-8,10-11,13H,3,9H2,1-2H3/b23-12+. The van der Waals surface area contributed by atoms with Crippen LogP contribution >= 0.6 is 34.8 Å². The molecule has 0 saturated carbocycles. The first-order valence-corrected chi connectivity index (χ1v) is 8.74. The van der Waals surface area contributed by atoms with Gasteiger partial charge in [0.15, 0.2) is 11.9 Å². The van der Waals surface area contributed by atoms with E-state index >= 15 is 0 Å². The van der Waals surface area contributed by atoms with Crippen LogP contribution in [0.25, 0.3) is 0 Å². The second-order valence-electron chi connectivity index (χ2n) is 5.51. The lowest BCUT2D eigenvalue weighted by molar-refractivity contribution is 0.133. The molecule has 2 aromatic carbocycles. The maximum absolute atomic E-state index is 6.16. The smallest absolute Gasteiger partial charge is 0.168 e. The fourth-order valence-corrected chi connectivity index (χ4v) is 2.65. The summed E-state index contributed by atoms with van der Waals surface area (Å²) in [7, 11) is 0. The van der Waals surface area contributed by atoms with E-state index in [9.17, 15) is 0 Å². The third kappa shape index (κ3) is 6.28. The molecular weight excluding hydrogens is 381 g/mol. The van der Waals surface area contributed by atoms with Crippen molar-refractivity contribution < 1.29 is 9.57 Å². The van der Waals surface area contributed by atoms with Crippen molar-refractivity contribution in [3.63, 3.8) is 0 Å². The van der Waals surface area contributed by atoms with Gasteiger partial charge in [0.05, 0.1) is 5.71 Å². The highest BCUT2D eigenvalue weighted by molar-refractivity contribution is 6.35. The number of nitrogens with zero attached hydrogens (tertiary/aromatic N) is 1. The van der Waals surface area contributed by atoms with E-state index in [0.29, 0.717) is 33.0 Å². The molecule has 1 unspecified atom stereocenters. The zero-order valence-electron chi connectivity index (χ0n) is 13.9. The quantitative estimate of drug-likeness (QED) is 0.300. The van der Waals surface area contributed by atoms with Crippen LogP contribution in [-0.4, -0.2) is 11.8 Å². The number of halogens is 3. The van der Waals surface area contributed by atoms with Crippen LogP contribution in [0.3, 0.4) is 0 Å². The Morgan fingerprint density at radius 2 is 1.84 bits per heavy atom. The monoisotopic (exact) mass is 397 g/mol. The molecule has 0 N–H and O–H groups in total. The van der Waals surface area contributed by atoms with Crippen molar-refractivity contribution >= 4 is 40.5 Å². The summed E-state index contributed by atoms with van der Waals surface area (Å²) in [5, 5.41) is 5.88. The Morgan fingerprint density at radius 1 is 1.12 bits per heavy atom. The van der Waals surface area contributed by atoms with Crippen LogP contribution in [-0.2, 0) is 11.3 Å². The van der Waals surface area contributed by atoms with Crippen molar-refractivity contribution in [1.82, 2.24) is 0 Å². The van der Waals surface area contributed by atoms with E-state index < -0.39 is 0 Å². The highest BCUT2D eigenvalue weighted by atomic mass is 35.5. The molecule has 0 fully saturated rings. The molecule has 0 saturated heterocycles. The van der Waals surface area contributed by atoms with Gasteiger partial charge < -0.3 is 9.57 Å². The summed E-state index contributed by atoms with van der Waals surface area (Å²) >= 11 is 18.0. The molecule has 0 aliphatic rings. The summed E-state index contributed by atoms with van der Waals surface area (Å²) in [6.07, 6.45) is 0.168. The van der Waals surface area contributed by atoms with Crippen molar-refractivity contribution in [2.75, 3.05) is 0 Å². The Morgan fingerprint density at radius 3 is 2.52 bits per heavy atom. The van der Waals surface area contributed by atoms with Crippen molar-refractivity contribution in [2.45, 2.75) is 26.4 Å². The molecule has 0 radical (unpaired) electrons. The topological polar surface area (TPSA) is 30.8 Å². The highest BCUT2D eigenvalue weighted by Gasteiger charge is 2.11. The number of ether oxygens (including phenoxy) is 1. The second-order valence-corrected chi connectivity index (χ2v) is 6.79. The molecule has 6 heteroatoms. The van der Waals surface area contributed by atoms with Crippen LogP contribution in [0.2, 0.25) is 15.1 Å². The Bertz CT molecular complexity index is 790. The van der Waals surface area contributed by atoms with Crippen LogP contribution in [0, 0.1) is 0 Å². The zero-order chi connectivity index (χ0) is 18.4. The highest BCUT2D eigenvalue weighted by Crippen LogP contribution is 2.22. The van der Waals surface area contributed by atoms with Gasteiger partial charge in [-0.3, -0.25) is 0 Å². The minimum Gasteiger partial charge on any atom is -0.483 e. The van der Waals surface area contributed by atoms with E-state index in [-0.39, 0.29) is 6.10 Å². The predicted octanol–water partition coefficient (Wildman–Crippen LogP) is 6.56. The average Bonchev–Trinajstić information content (AvgIpc) is 2.55. The van der Waals surface area contributed by atoms with Crippen LogP contribution in [0.1, 0.15) is 19.4 Å². The van der Waals surface area contributed by atoms with Gasteiger partial charge in [0.2, 0.25) is 0 Å². The third-order valence-electron chi connectivity index (χ3n) is 3.34. The first-order chi connectivity index (χ1) is 11.8. The summed E-state index contributed by atoms with van der Waals surface area (Å²) in [4.78, 5) is 5.37. The van der Waals surface area contributed by atoms with E-state index in [1.54, 1.807) is 24.3 Å². The third-order valence-corrected chi connectivity index (χ3v) is 4.16. The molecule has 0 heterocycles. The van der Waals surface area contributed by atoms with E-state index in [1.807, 2.05) is 32.0 Å². The lowest BCUT2D eigenvalue weighted by Crippen LogP contribution is -2.15. The number of rotatable bonds is 7. The Hall–Kier alpha value is -1.68. The number of benzene rings is 2. The van der Waals surface area contributed by atoms with Crippen LogP contribution in [0.15, 0.2) is 60.0 Å². The Kier molecular flexibility index (Phi) is 7.18. The summed E-state index contributed by atoms with van der Waals surface area (Å²) in [6, 6.07) is 12.5. The maximum Gasteiger partial charge on any atom is 0.168 e. The molecule has 1 atom stereocenters. The van der Waals surface area contributed by atoms with E-state index in [4.69, 9.17) is 44.4 Å². The van der Waals surface area contributed by atoms with Crippen molar-refractivity contribution in [1.29, 1.82) is 0 Å². The normalized spacial score (nSPS) is 12.6. The molecular formula is C19H18Cl3NO2. The van der Waals surface area contributed by atoms with Gasteiger partial charge >= 0.3 is 0 Å². The van der Waals surface area contributed by atoms with E-state index in [1.165, 1.54) is 0 Å². The average molecular weight is 399 g/mol. The van der Waals surface area contributed by atoms with Crippen LogP contribution in [0.5, 0.6) is 5.75 Å². The van der Waals surface area contributed by atoms with Gasteiger partial charge in [-0.15, -0.1) is 0 Å². The molecule has 2 rings (SSSR count). The molecule has 0 aliphatic carbocycles. The van der Waals surface area contributed by atoms with Crippen molar-refractivity contribution in [2.24, 2.45) is 5.16 Å². The second kappa shape index (κ2) is 9.14. The lowest BCUT2D eigenvalue weighted by Gasteiger charge is -2.15. The number of hydrogen-bond donors (Lipinski definition) is 0. The molecule has 0 amide bonds. The van der Waals surface area contributed by atoms with Crippen molar-refractivity contribution in [3.05, 3.63) is 75.4 Å². The minimum atomic E-state index is -0.380. The first kappa shape index (κ1) is 19.6. The van der Waals surface area contributed by atoms with Gasteiger partial charge in [-0.1, -0.05) is 58.7 Å². The summed E-state index contributed by atoms with van der Waals surface area (Å²) in [6.45, 7) is 7.52. The molecule has 0 spiro atoms. The maximum atomic E-state index is 6.16. The largest absolute Gasteiger partial charge is 0.483 e. The fraction of sp³-hybridized carbons (Fsp3) is 0.211. The van der Waals surface area contributed by atoms with Gasteiger partial charge in [0, 0.05) is 21.5 Å². The molecule has 0 aliphatic heterocycles. The lowest BCUT2D eigenvalue weighted by atomic mass is 10.1. The van der Waals surface area contributed by atoms with E-state index in [0.717, 1.165) is 11.3 Å².